The van der Waals surface area contributed by atoms with Crippen molar-refractivity contribution in [3.63, 3.8) is 0 Å². The molecule has 100 valence electrons. The van der Waals surface area contributed by atoms with Crippen molar-refractivity contribution in [1.29, 1.82) is 0 Å². The van der Waals surface area contributed by atoms with Crippen molar-refractivity contribution in [2.45, 2.75) is 38.7 Å². The van der Waals surface area contributed by atoms with Gasteiger partial charge in [-0.25, -0.2) is 4.79 Å². The van der Waals surface area contributed by atoms with Crippen LogP contribution >= 0.6 is 0 Å². The lowest BCUT2D eigenvalue weighted by molar-refractivity contribution is -0.139. The van der Waals surface area contributed by atoms with Crippen LogP contribution in [-0.4, -0.2) is 31.7 Å². The van der Waals surface area contributed by atoms with Crippen molar-refractivity contribution in [3.05, 3.63) is 11.3 Å². The molecule has 2 aliphatic rings. The SMILES string of the molecule is CCOC(=O)/C(NC=O)=C1/CCOC(C2CC2)C1. The number of rotatable bonds is 5. The molecule has 0 bridgehead atoms. The summed E-state index contributed by atoms with van der Waals surface area (Å²) in [4.78, 5) is 22.4. The van der Waals surface area contributed by atoms with E-state index in [1.165, 1.54) is 12.8 Å². The maximum absolute atomic E-state index is 11.8. The van der Waals surface area contributed by atoms with Gasteiger partial charge in [0.25, 0.3) is 0 Å². The van der Waals surface area contributed by atoms with Gasteiger partial charge in [-0.1, -0.05) is 0 Å². The lowest BCUT2D eigenvalue weighted by Crippen LogP contribution is -2.29. The van der Waals surface area contributed by atoms with E-state index in [0.29, 0.717) is 37.7 Å². The molecule has 1 amide bonds. The van der Waals surface area contributed by atoms with E-state index in [9.17, 15) is 9.59 Å². The second-order valence-corrected chi connectivity index (χ2v) is 4.66. The summed E-state index contributed by atoms with van der Waals surface area (Å²) < 4.78 is 10.7. The number of esters is 1. The average Bonchev–Trinajstić information content (AvgIpc) is 3.20. The molecule has 0 spiro atoms. The van der Waals surface area contributed by atoms with E-state index in [1.54, 1.807) is 6.92 Å². The lowest BCUT2D eigenvalue weighted by Gasteiger charge is -2.26. The van der Waals surface area contributed by atoms with Crippen LogP contribution in [0.3, 0.4) is 0 Å². The van der Waals surface area contributed by atoms with Crippen LogP contribution in [0.1, 0.15) is 32.6 Å². The standard InChI is InChI=1S/C13H19NO4/c1-2-17-13(16)12(14-8-15)10-5-6-18-11(7-10)9-3-4-9/h8-9,11H,2-7H2,1H3,(H,14,15)/b12-10+. The quantitative estimate of drug-likeness (QED) is 0.453. The summed E-state index contributed by atoms with van der Waals surface area (Å²) in [6.07, 6.45) is 4.53. The second-order valence-electron chi connectivity index (χ2n) is 4.66. The molecule has 1 N–H and O–H groups in total. The van der Waals surface area contributed by atoms with Crippen LogP contribution in [-0.2, 0) is 19.1 Å². The molecule has 1 aliphatic carbocycles. The molecule has 2 fully saturated rings. The monoisotopic (exact) mass is 253 g/mol. The molecular formula is C13H19NO4. The third kappa shape index (κ3) is 3.10. The largest absolute Gasteiger partial charge is 0.461 e. The van der Waals surface area contributed by atoms with E-state index in [-0.39, 0.29) is 6.10 Å². The summed E-state index contributed by atoms with van der Waals surface area (Å²) in [7, 11) is 0. The molecular weight excluding hydrogens is 234 g/mol. The molecule has 1 heterocycles. The highest BCUT2D eigenvalue weighted by Crippen LogP contribution is 2.39. The fourth-order valence-electron chi connectivity index (χ4n) is 2.30. The van der Waals surface area contributed by atoms with Gasteiger partial charge in [0.1, 0.15) is 5.70 Å². The fraction of sp³-hybridized carbons (Fsp3) is 0.692. The van der Waals surface area contributed by atoms with Gasteiger partial charge < -0.3 is 14.8 Å². The Morgan fingerprint density at radius 1 is 1.56 bits per heavy atom. The molecule has 1 saturated carbocycles. The molecule has 5 nitrogen and oxygen atoms in total. The highest BCUT2D eigenvalue weighted by molar-refractivity contribution is 5.91. The smallest absolute Gasteiger partial charge is 0.354 e. The topological polar surface area (TPSA) is 64.6 Å². The zero-order chi connectivity index (χ0) is 13.0. The molecule has 1 aliphatic heterocycles. The van der Waals surface area contributed by atoms with Gasteiger partial charge in [0.05, 0.1) is 19.3 Å². The minimum Gasteiger partial charge on any atom is -0.461 e. The van der Waals surface area contributed by atoms with Crippen molar-refractivity contribution in [1.82, 2.24) is 5.32 Å². The van der Waals surface area contributed by atoms with Crippen LogP contribution in [0, 0.1) is 5.92 Å². The summed E-state index contributed by atoms with van der Waals surface area (Å²) in [6, 6.07) is 0. The number of carbonyl (C=O) groups excluding carboxylic acids is 2. The predicted octanol–water partition coefficient (Wildman–Crippen LogP) is 1.14. The Morgan fingerprint density at radius 3 is 2.94 bits per heavy atom. The highest BCUT2D eigenvalue weighted by Gasteiger charge is 2.35. The van der Waals surface area contributed by atoms with Crippen molar-refractivity contribution in [2.75, 3.05) is 13.2 Å². The molecule has 0 aromatic heterocycles. The third-order valence-electron chi connectivity index (χ3n) is 3.37. The van der Waals surface area contributed by atoms with Crippen molar-refractivity contribution >= 4 is 12.4 Å². The number of nitrogens with one attached hydrogen (secondary N) is 1. The lowest BCUT2D eigenvalue weighted by atomic mass is 9.97. The van der Waals surface area contributed by atoms with Crippen molar-refractivity contribution < 1.29 is 19.1 Å². The van der Waals surface area contributed by atoms with Crippen molar-refractivity contribution in [3.8, 4) is 0 Å². The van der Waals surface area contributed by atoms with Gasteiger partial charge in [0.2, 0.25) is 6.41 Å². The van der Waals surface area contributed by atoms with Crippen LogP contribution in [0.2, 0.25) is 0 Å². The number of carbonyl (C=O) groups is 2. The molecule has 0 aromatic carbocycles. The molecule has 1 saturated heterocycles. The zero-order valence-electron chi connectivity index (χ0n) is 10.6. The molecule has 18 heavy (non-hydrogen) atoms. The van der Waals surface area contributed by atoms with Crippen LogP contribution in [0.25, 0.3) is 0 Å². The van der Waals surface area contributed by atoms with Crippen LogP contribution in [0.5, 0.6) is 0 Å². The number of ether oxygens (including phenoxy) is 2. The van der Waals surface area contributed by atoms with Gasteiger partial charge in [-0.3, -0.25) is 4.79 Å². The Hall–Kier alpha value is -1.36. The molecule has 5 heteroatoms. The van der Waals surface area contributed by atoms with Gasteiger partial charge in [-0.05, 0) is 44.1 Å². The minimum atomic E-state index is -0.448. The second kappa shape index (κ2) is 6.00. The molecule has 0 aromatic rings. The Labute approximate surface area is 107 Å². The van der Waals surface area contributed by atoms with E-state index in [4.69, 9.17) is 9.47 Å². The first-order valence-electron chi connectivity index (χ1n) is 6.47. The summed E-state index contributed by atoms with van der Waals surface area (Å²) in [5, 5.41) is 2.49. The summed E-state index contributed by atoms with van der Waals surface area (Å²) in [5.74, 6) is 0.177. The van der Waals surface area contributed by atoms with Gasteiger partial charge in [0, 0.05) is 0 Å². The first kappa shape index (κ1) is 13.1. The van der Waals surface area contributed by atoms with Crippen LogP contribution < -0.4 is 5.32 Å². The third-order valence-corrected chi connectivity index (χ3v) is 3.37. The number of hydrogen-bond acceptors (Lipinski definition) is 4. The minimum absolute atomic E-state index is 0.201. The summed E-state index contributed by atoms with van der Waals surface area (Å²) >= 11 is 0. The molecule has 1 atom stereocenters. The Morgan fingerprint density at radius 2 is 2.33 bits per heavy atom. The van der Waals surface area contributed by atoms with Crippen LogP contribution in [0.4, 0.5) is 0 Å². The first-order valence-corrected chi connectivity index (χ1v) is 6.47. The Balaban J connectivity index is 2.11. The van der Waals surface area contributed by atoms with Gasteiger partial charge in [-0.15, -0.1) is 0 Å². The Kier molecular flexibility index (Phi) is 4.36. The summed E-state index contributed by atoms with van der Waals surface area (Å²) in [6.45, 7) is 2.66. The zero-order valence-corrected chi connectivity index (χ0v) is 10.6. The maximum Gasteiger partial charge on any atom is 0.354 e. The molecule has 2 rings (SSSR count). The van der Waals surface area contributed by atoms with E-state index < -0.39 is 5.97 Å². The van der Waals surface area contributed by atoms with Crippen LogP contribution in [0.15, 0.2) is 11.3 Å². The molecule has 0 radical (unpaired) electrons. The highest BCUT2D eigenvalue weighted by atomic mass is 16.5. The number of amides is 1. The normalized spacial score (nSPS) is 26.4. The number of hydrogen-bond donors (Lipinski definition) is 1. The molecule has 1 unspecified atom stereocenters. The van der Waals surface area contributed by atoms with E-state index in [0.717, 1.165) is 12.0 Å². The Bertz CT molecular complexity index is 360. The van der Waals surface area contributed by atoms with Gasteiger partial charge >= 0.3 is 5.97 Å². The summed E-state index contributed by atoms with van der Waals surface area (Å²) in [5.41, 5.74) is 1.25. The van der Waals surface area contributed by atoms with Gasteiger partial charge in [0.15, 0.2) is 0 Å². The van der Waals surface area contributed by atoms with E-state index in [1.807, 2.05) is 0 Å². The predicted molar refractivity (Wildman–Crippen MR) is 64.6 cm³/mol. The maximum atomic E-state index is 11.8. The first-order chi connectivity index (χ1) is 8.76. The van der Waals surface area contributed by atoms with E-state index >= 15 is 0 Å². The van der Waals surface area contributed by atoms with Gasteiger partial charge in [-0.2, -0.15) is 0 Å². The van der Waals surface area contributed by atoms with E-state index in [2.05, 4.69) is 5.32 Å². The fourth-order valence-corrected chi connectivity index (χ4v) is 2.30. The average molecular weight is 253 g/mol. The van der Waals surface area contributed by atoms with Crippen molar-refractivity contribution in [2.24, 2.45) is 5.92 Å².